The zero-order valence-corrected chi connectivity index (χ0v) is 16.6. The summed E-state index contributed by atoms with van der Waals surface area (Å²) in [5, 5.41) is 2.61. The van der Waals surface area contributed by atoms with Gasteiger partial charge in [-0.3, -0.25) is 0 Å². The van der Waals surface area contributed by atoms with Crippen LogP contribution in [0.1, 0.15) is 45.1 Å². The van der Waals surface area contributed by atoms with Gasteiger partial charge in [0.15, 0.2) is 18.6 Å². The van der Waals surface area contributed by atoms with Gasteiger partial charge in [-0.15, -0.1) is 0 Å². The lowest BCUT2D eigenvalue weighted by atomic mass is 10.1. The molecule has 3 rings (SSSR count). The molecule has 2 nitrogen and oxygen atoms in total. The van der Waals surface area contributed by atoms with E-state index in [-0.39, 0.29) is 0 Å². The van der Waals surface area contributed by atoms with Crippen molar-refractivity contribution in [2.24, 2.45) is 0 Å². The summed E-state index contributed by atoms with van der Waals surface area (Å²) in [6, 6.07) is 19.7. The van der Waals surface area contributed by atoms with Gasteiger partial charge < -0.3 is 4.90 Å². The first-order valence-corrected chi connectivity index (χ1v) is 10.2. The van der Waals surface area contributed by atoms with Crippen LogP contribution in [-0.4, -0.2) is 13.1 Å². The first kappa shape index (κ1) is 19.2. The Balaban J connectivity index is 1.80. The number of fused-ring (bicyclic) bond motifs is 1. The van der Waals surface area contributed by atoms with Gasteiger partial charge in [-0.25, -0.2) is 0 Å². The SMILES string of the molecule is CCCCN(CCCC)c1ccc2cc(C=C[n+]3ccccc3)ccc2c1. The summed E-state index contributed by atoms with van der Waals surface area (Å²) >= 11 is 0. The van der Waals surface area contributed by atoms with Gasteiger partial charge in [0.2, 0.25) is 0 Å². The van der Waals surface area contributed by atoms with Crippen LogP contribution in [0, 0.1) is 0 Å². The average Bonchev–Trinajstić information content (AvgIpc) is 2.72. The number of unbranched alkanes of at least 4 members (excludes halogenated alkanes) is 2. The first-order chi connectivity index (χ1) is 13.3. The van der Waals surface area contributed by atoms with Crippen LogP contribution in [0.2, 0.25) is 0 Å². The number of aromatic nitrogens is 1. The second-order valence-corrected chi connectivity index (χ2v) is 7.12. The normalized spacial score (nSPS) is 11.3. The summed E-state index contributed by atoms with van der Waals surface area (Å²) < 4.78 is 2.06. The summed E-state index contributed by atoms with van der Waals surface area (Å²) in [6.07, 6.45) is 13.3. The third-order valence-corrected chi connectivity index (χ3v) is 4.95. The minimum atomic E-state index is 1.15. The molecule has 0 atom stereocenters. The van der Waals surface area contributed by atoms with Crippen molar-refractivity contribution >= 4 is 28.7 Å². The summed E-state index contributed by atoms with van der Waals surface area (Å²) in [7, 11) is 0. The monoisotopic (exact) mass is 359 g/mol. The number of pyridine rings is 1. The van der Waals surface area contributed by atoms with Crippen molar-refractivity contribution in [2.45, 2.75) is 39.5 Å². The maximum absolute atomic E-state index is 2.55. The number of benzene rings is 2. The standard InChI is InChI=1S/C25H31N2/c1-3-5-17-27(18-6-4-2)25-13-12-23-20-22(10-11-24(23)21-25)14-19-26-15-8-7-9-16-26/h7-16,19-21H,3-6,17-18H2,1-2H3/q+1. The first-order valence-electron chi connectivity index (χ1n) is 10.2. The van der Waals surface area contributed by atoms with E-state index in [9.17, 15) is 0 Å². The molecule has 0 bridgehead atoms. The fourth-order valence-electron chi connectivity index (χ4n) is 3.30. The van der Waals surface area contributed by atoms with Crippen LogP contribution in [0.15, 0.2) is 67.0 Å². The van der Waals surface area contributed by atoms with Crippen molar-refractivity contribution in [3.05, 3.63) is 72.6 Å². The van der Waals surface area contributed by atoms with Crippen LogP contribution in [-0.2, 0) is 0 Å². The molecular weight excluding hydrogens is 328 g/mol. The number of hydrogen-bond donors (Lipinski definition) is 0. The number of nitrogens with zero attached hydrogens (tertiary/aromatic N) is 2. The molecular formula is C25H31N2+. The summed E-state index contributed by atoms with van der Waals surface area (Å²) in [4.78, 5) is 2.55. The van der Waals surface area contributed by atoms with E-state index >= 15 is 0 Å². The van der Waals surface area contributed by atoms with Gasteiger partial charge in [0.25, 0.3) is 0 Å². The minimum Gasteiger partial charge on any atom is -0.372 e. The minimum absolute atomic E-state index is 1.15. The molecule has 0 saturated carbocycles. The molecule has 0 amide bonds. The van der Waals surface area contributed by atoms with Crippen molar-refractivity contribution in [1.82, 2.24) is 0 Å². The Morgan fingerprint density at radius 1 is 0.815 bits per heavy atom. The van der Waals surface area contributed by atoms with E-state index < -0.39 is 0 Å². The van der Waals surface area contributed by atoms with Crippen LogP contribution >= 0.6 is 0 Å². The predicted molar refractivity (Wildman–Crippen MR) is 118 cm³/mol. The lowest BCUT2D eigenvalue weighted by Crippen LogP contribution is -2.25. The zero-order chi connectivity index (χ0) is 18.9. The van der Waals surface area contributed by atoms with Gasteiger partial charge in [0, 0.05) is 37.0 Å². The van der Waals surface area contributed by atoms with Crippen LogP contribution in [0.25, 0.3) is 23.0 Å². The molecule has 0 aliphatic rings. The van der Waals surface area contributed by atoms with Gasteiger partial charge in [-0.2, -0.15) is 4.57 Å². The highest BCUT2D eigenvalue weighted by Gasteiger charge is 2.07. The van der Waals surface area contributed by atoms with Crippen molar-refractivity contribution in [1.29, 1.82) is 0 Å². The van der Waals surface area contributed by atoms with Crippen molar-refractivity contribution in [3.8, 4) is 0 Å². The highest BCUT2D eigenvalue weighted by atomic mass is 15.1. The van der Waals surface area contributed by atoms with E-state index in [4.69, 9.17) is 0 Å². The third kappa shape index (κ3) is 5.43. The molecule has 27 heavy (non-hydrogen) atoms. The van der Waals surface area contributed by atoms with E-state index in [0.717, 1.165) is 13.1 Å². The van der Waals surface area contributed by atoms with E-state index in [0.29, 0.717) is 0 Å². The van der Waals surface area contributed by atoms with E-state index in [1.165, 1.54) is 47.7 Å². The molecule has 0 spiro atoms. The summed E-state index contributed by atoms with van der Waals surface area (Å²) in [5.74, 6) is 0. The molecule has 0 aliphatic carbocycles. The third-order valence-electron chi connectivity index (χ3n) is 4.95. The fourth-order valence-corrected chi connectivity index (χ4v) is 3.30. The zero-order valence-electron chi connectivity index (χ0n) is 16.6. The van der Waals surface area contributed by atoms with Crippen LogP contribution in [0.3, 0.4) is 0 Å². The molecule has 0 N–H and O–H groups in total. The van der Waals surface area contributed by atoms with Gasteiger partial charge in [0.05, 0.1) is 0 Å². The summed E-state index contributed by atoms with van der Waals surface area (Å²) in [6.45, 7) is 6.83. The Labute approximate surface area is 163 Å². The van der Waals surface area contributed by atoms with E-state index in [1.807, 2.05) is 30.6 Å². The lowest BCUT2D eigenvalue weighted by Gasteiger charge is -2.25. The second-order valence-electron chi connectivity index (χ2n) is 7.12. The molecule has 0 aliphatic heterocycles. The molecule has 3 aromatic rings. The van der Waals surface area contributed by atoms with Crippen molar-refractivity contribution in [2.75, 3.05) is 18.0 Å². The maximum Gasteiger partial charge on any atom is 0.175 e. The topological polar surface area (TPSA) is 7.12 Å². The quantitative estimate of drug-likeness (QED) is 0.415. The Hall–Kier alpha value is -2.61. The molecule has 2 aromatic carbocycles. The largest absolute Gasteiger partial charge is 0.372 e. The summed E-state index contributed by atoms with van der Waals surface area (Å²) in [5.41, 5.74) is 2.58. The molecule has 0 fully saturated rings. The van der Waals surface area contributed by atoms with Gasteiger partial charge >= 0.3 is 0 Å². The van der Waals surface area contributed by atoms with Crippen molar-refractivity contribution < 1.29 is 4.57 Å². The van der Waals surface area contributed by atoms with Gasteiger partial charge in [-0.05, 0) is 47.4 Å². The lowest BCUT2D eigenvalue weighted by molar-refractivity contribution is -0.567. The number of anilines is 1. The Morgan fingerprint density at radius 3 is 2.19 bits per heavy atom. The van der Waals surface area contributed by atoms with Crippen LogP contribution in [0.4, 0.5) is 5.69 Å². The number of hydrogen-bond acceptors (Lipinski definition) is 1. The highest BCUT2D eigenvalue weighted by molar-refractivity contribution is 5.88. The second kappa shape index (κ2) is 9.91. The van der Waals surface area contributed by atoms with Gasteiger partial charge in [0.1, 0.15) is 0 Å². The van der Waals surface area contributed by atoms with Crippen LogP contribution < -0.4 is 9.47 Å². The Kier molecular flexibility index (Phi) is 7.04. The Bertz CT molecular complexity index is 860. The van der Waals surface area contributed by atoms with E-state index in [1.54, 1.807) is 0 Å². The average molecular weight is 360 g/mol. The highest BCUT2D eigenvalue weighted by Crippen LogP contribution is 2.24. The molecule has 0 unspecified atom stereocenters. The fraction of sp³-hybridized carbons (Fsp3) is 0.320. The molecule has 1 heterocycles. The predicted octanol–water partition coefficient (Wildman–Crippen LogP) is 6.16. The smallest absolute Gasteiger partial charge is 0.175 e. The molecule has 1 aromatic heterocycles. The Morgan fingerprint density at radius 2 is 1.48 bits per heavy atom. The van der Waals surface area contributed by atoms with Crippen molar-refractivity contribution in [3.63, 3.8) is 0 Å². The van der Waals surface area contributed by atoms with Gasteiger partial charge in [-0.1, -0.05) is 51.0 Å². The molecule has 0 radical (unpaired) electrons. The maximum atomic E-state index is 2.55. The molecule has 2 heteroatoms. The van der Waals surface area contributed by atoms with E-state index in [2.05, 4.69) is 72.0 Å². The molecule has 0 saturated heterocycles. The molecule has 140 valence electrons. The van der Waals surface area contributed by atoms with Crippen LogP contribution in [0.5, 0.6) is 0 Å². The number of rotatable bonds is 9.